The zero-order valence-electron chi connectivity index (χ0n) is 13.6. The smallest absolute Gasteiger partial charge is 0.478 e. The minimum absolute atomic E-state index is 0.555. The van der Waals surface area contributed by atoms with Crippen molar-refractivity contribution in [2.75, 3.05) is 41.0 Å². The molecule has 7 nitrogen and oxygen atoms in total. The molecule has 1 N–H and O–H groups in total. The summed E-state index contributed by atoms with van der Waals surface area (Å²) in [5.74, 6) is -0.794. The van der Waals surface area contributed by atoms with Crippen molar-refractivity contribution >= 4 is 21.1 Å². The number of carboxylic acids is 1. The van der Waals surface area contributed by atoms with Crippen molar-refractivity contribution in [3.8, 4) is 0 Å². The van der Waals surface area contributed by atoms with E-state index in [1.165, 1.54) is 0 Å². The first-order valence-electron chi connectivity index (χ1n) is 7.12. The average molecular weight is 319 g/mol. The first-order valence-corrected chi connectivity index (χ1v) is 9.05. The van der Waals surface area contributed by atoms with Gasteiger partial charge in [-0.15, -0.1) is 0 Å². The van der Waals surface area contributed by atoms with Crippen LogP contribution in [0.4, 0.5) is 0 Å². The fourth-order valence-corrected chi connectivity index (χ4v) is 4.08. The van der Waals surface area contributed by atoms with E-state index in [2.05, 4.69) is 4.58 Å². The second-order valence-electron chi connectivity index (χ2n) is 5.32. The van der Waals surface area contributed by atoms with Gasteiger partial charge in [-0.1, -0.05) is 6.92 Å². The van der Waals surface area contributed by atoms with Gasteiger partial charge < -0.3 is 18.4 Å². The second kappa shape index (κ2) is 7.35. The van der Waals surface area contributed by atoms with Gasteiger partial charge in [0, 0.05) is 21.3 Å². The normalized spacial score (nSPS) is 18.5. The SMILES string of the molecule is CCC(C)(C(=O)O)N1C=[N+](CC[Si](OC)(OC)OC)CC1. The van der Waals surface area contributed by atoms with Crippen LogP contribution in [0, 0.1) is 0 Å². The van der Waals surface area contributed by atoms with E-state index in [9.17, 15) is 9.90 Å². The maximum atomic E-state index is 11.5. The molecule has 21 heavy (non-hydrogen) atoms. The van der Waals surface area contributed by atoms with Crippen LogP contribution >= 0.6 is 0 Å². The van der Waals surface area contributed by atoms with Crippen LogP contribution < -0.4 is 0 Å². The third kappa shape index (κ3) is 3.82. The van der Waals surface area contributed by atoms with Gasteiger partial charge in [0.15, 0.2) is 5.54 Å². The van der Waals surface area contributed by atoms with Crippen molar-refractivity contribution < 1.29 is 27.8 Å². The molecule has 0 aromatic carbocycles. The molecule has 0 aromatic rings. The summed E-state index contributed by atoms with van der Waals surface area (Å²) in [6, 6.07) is 0.663. The Hall–Kier alpha value is -0.963. The van der Waals surface area contributed by atoms with Crippen molar-refractivity contribution in [3.05, 3.63) is 0 Å². The number of rotatable bonds is 9. The van der Waals surface area contributed by atoms with Crippen molar-refractivity contribution in [3.63, 3.8) is 0 Å². The minimum atomic E-state index is -2.58. The van der Waals surface area contributed by atoms with Crippen LogP contribution in [0.15, 0.2) is 0 Å². The van der Waals surface area contributed by atoms with E-state index < -0.39 is 20.3 Å². The molecule has 1 atom stereocenters. The van der Waals surface area contributed by atoms with E-state index in [1.807, 2.05) is 18.2 Å². The first-order chi connectivity index (χ1) is 9.87. The van der Waals surface area contributed by atoms with Crippen LogP contribution in [-0.2, 0) is 18.1 Å². The van der Waals surface area contributed by atoms with Gasteiger partial charge >= 0.3 is 14.8 Å². The molecule has 0 aromatic heterocycles. The highest BCUT2D eigenvalue weighted by Gasteiger charge is 2.45. The van der Waals surface area contributed by atoms with Crippen LogP contribution in [0.5, 0.6) is 0 Å². The molecule has 1 unspecified atom stereocenters. The maximum Gasteiger partial charge on any atom is 0.504 e. The van der Waals surface area contributed by atoms with E-state index in [1.54, 1.807) is 28.3 Å². The van der Waals surface area contributed by atoms with E-state index in [0.717, 1.165) is 13.1 Å². The molecule has 0 bridgehead atoms. The standard InChI is InChI=1S/C13H26N2O5Si/c1-6-13(2,12(16)17)15-8-7-14(11-15)9-10-21(18-3,19-4)20-5/h11H,6-10H2,1-5H3/p+1. The lowest BCUT2D eigenvalue weighted by molar-refractivity contribution is -0.510. The van der Waals surface area contributed by atoms with Gasteiger partial charge in [0.25, 0.3) is 0 Å². The molecule has 0 fully saturated rings. The monoisotopic (exact) mass is 319 g/mol. The molecular formula is C13H27N2O5Si+. The molecule has 8 heteroatoms. The van der Waals surface area contributed by atoms with Crippen LogP contribution in [0.2, 0.25) is 6.04 Å². The van der Waals surface area contributed by atoms with E-state index in [4.69, 9.17) is 13.3 Å². The Morgan fingerprint density at radius 1 is 1.38 bits per heavy atom. The van der Waals surface area contributed by atoms with Gasteiger partial charge in [0.1, 0.15) is 13.1 Å². The maximum absolute atomic E-state index is 11.5. The molecule has 1 rings (SSSR count). The highest BCUT2D eigenvalue weighted by atomic mass is 28.4. The van der Waals surface area contributed by atoms with Crippen molar-refractivity contribution in [2.24, 2.45) is 0 Å². The lowest BCUT2D eigenvalue weighted by atomic mass is 9.97. The molecule has 122 valence electrons. The fourth-order valence-electron chi connectivity index (χ4n) is 2.41. The van der Waals surface area contributed by atoms with E-state index >= 15 is 0 Å². The number of carboxylic acid groups (broad SMARTS) is 1. The van der Waals surface area contributed by atoms with E-state index in [0.29, 0.717) is 19.0 Å². The molecule has 0 saturated heterocycles. The Morgan fingerprint density at radius 3 is 2.38 bits per heavy atom. The molecule has 0 saturated carbocycles. The molecular weight excluding hydrogens is 292 g/mol. The third-order valence-corrected chi connectivity index (χ3v) is 7.05. The lowest BCUT2D eigenvalue weighted by Crippen LogP contribution is -2.50. The predicted molar refractivity (Wildman–Crippen MR) is 80.7 cm³/mol. The summed E-state index contributed by atoms with van der Waals surface area (Å²) in [6.45, 7) is 5.87. The Kier molecular flexibility index (Phi) is 6.33. The van der Waals surface area contributed by atoms with Crippen molar-refractivity contribution in [1.82, 2.24) is 4.90 Å². The minimum Gasteiger partial charge on any atom is -0.478 e. The molecule has 0 radical (unpaired) electrons. The molecule has 1 aliphatic rings. The first kappa shape index (κ1) is 18.1. The number of carbonyl (C=O) groups is 1. The van der Waals surface area contributed by atoms with Crippen LogP contribution in [0.3, 0.4) is 0 Å². The Labute approximate surface area is 127 Å². The molecule has 0 aliphatic carbocycles. The molecule has 0 amide bonds. The van der Waals surface area contributed by atoms with Crippen LogP contribution in [0.1, 0.15) is 20.3 Å². The predicted octanol–water partition coefficient (Wildman–Crippen LogP) is 0.474. The summed E-state index contributed by atoms with van der Waals surface area (Å²) >= 11 is 0. The van der Waals surface area contributed by atoms with Gasteiger partial charge in [-0.3, -0.25) is 4.58 Å². The number of hydrogen-bond donors (Lipinski definition) is 1. The fraction of sp³-hybridized carbons (Fsp3) is 0.846. The molecule has 0 spiro atoms. The zero-order valence-corrected chi connectivity index (χ0v) is 14.6. The molecule has 1 aliphatic heterocycles. The largest absolute Gasteiger partial charge is 0.504 e. The number of aliphatic carboxylic acids is 1. The summed E-state index contributed by atoms with van der Waals surface area (Å²) in [5.41, 5.74) is -0.854. The molecule has 1 heterocycles. The lowest BCUT2D eigenvalue weighted by Gasteiger charge is -2.26. The van der Waals surface area contributed by atoms with Crippen molar-refractivity contribution in [1.29, 1.82) is 0 Å². The Morgan fingerprint density at radius 2 is 1.95 bits per heavy atom. The Balaban J connectivity index is 2.71. The Bertz CT molecular complexity index is 392. The van der Waals surface area contributed by atoms with Gasteiger partial charge in [-0.25, -0.2) is 9.69 Å². The summed E-state index contributed by atoms with van der Waals surface area (Å²) in [6.07, 6.45) is 2.46. The summed E-state index contributed by atoms with van der Waals surface area (Å²) < 4.78 is 18.3. The van der Waals surface area contributed by atoms with Gasteiger partial charge in [0.05, 0.1) is 12.6 Å². The second-order valence-corrected chi connectivity index (χ2v) is 8.41. The van der Waals surface area contributed by atoms with Crippen molar-refractivity contribution in [2.45, 2.75) is 31.9 Å². The van der Waals surface area contributed by atoms with Gasteiger partial charge in [-0.05, 0) is 13.3 Å². The third-order valence-electron chi connectivity index (χ3n) is 4.35. The quantitative estimate of drug-likeness (QED) is 0.492. The summed E-state index contributed by atoms with van der Waals surface area (Å²) in [7, 11) is 2.21. The highest BCUT2D eigenvalue weighted by Crippen LogP contribution is 2.20. The van der Waals surface area contributed by atoms with Gasteiger partial charge in [-0.2, -0.15) is 0 Å². The van der Waals surface area contributed by atoms with Gasteiger partial charge in [0.2, 0.25) is 6.34 Å². The number of hydrogen-bond acceptors (Lipinski definition) is 5. The highest BCUT2D eigenvalue weighted by molar-refractivity contribution is 6.60. The zero-order chi connectivity index (χ0) is 16.1. The summed E-state index contributed by atoms with van der Waals surface area (Å²) in [4.78, 5) is 13.4. The van der Waals surface area contributed by atoms with Crippen LogP contribution in [-0.4, -0.2) is 82.2 Å². The van der Waals surface area contributed by atoms with E-state index in [-0.39, 0.29) is 0 Å². The summed E-state index contributed by atoms with van der Waals surface area (Å²) in [5, 5.41) is 9.42. The topological polar surface area (TPSA) is 71.2 Å². The average Bonchev–Trinajstić information content (AvgIpc) is 2.97. The number of nitrogens with zero attached hydrogens (tertiary/aromatic N) is 2. The van der Waals surface area contributed by atoms with Crippen LogP contribution in [0.25, 0.3) is 0 Å².